The van der Waals surface area contributed by atoms with Crippen LogP contribution in [0, 0.1) is 18.7 Å². The van der Waals surface area contributed by atoms with Gasteiger partial charge in [-0.25, -0.2) is 9.37 Å². The first kappa shape index (κ1) is 23.6. The van der Waals surface area contributed by atoms with Gasteiger partial charge in [-0.3, -0.25) is 23.9 Å². The molecule has 2 heterocycles. The van der Waals surface area contributed by atoms with Gasteiger partial charge in [0, 0.05) is 13.0 Å². The minimum atomic E-state index is -0.416. The van der Waals surface area contributed by atoms with Crippen LogP contribution < -0.4 is 5.56 Å². The summed E-state index contributed by atoms with van der Waals surface area (Å²) in [5.41, 5.74) is 3.42. The molecular formula is C29H26FN3O3. The third-order valence-electron chi connectivity index (χ3n) is 6.45. The van der Waals surface area contributed by atoms with Gasteiger partial charge in [0.25, 0.3) is 17.4 Å². The summed E-state index contributed by atoms with van der Waals surface area (Å²) in [5.74, 6) is -0.347. The number of rotatable bonds is 6. The van der Waals surface area contributed by atoms with Crippen LogP contribution in [-0.4, -0.2) is 32.8 Å². The largest absolute Gasteiger partial charge is 0.274 e. The normalized spacial score (nSPS) is 13.2. The number of carbonyl (C=O) groups is 2. The van der Waals surface area contributed by atoms with Gasteiger partial charge in [-0.1, -0.05) is 32.0 Å². The standard InChI is InChI=1S/C29H26FN3O3/c1-17(2)15-19-5-4-6-23-26(19)29(36)32(27(23)34)14-13-25-31-24-16-18(3)7-12-22(24)28(35)33(25)21-10-8-20(30)9-11-21/h4-12,16-17H,13-15H2,1-3H3/i30-1. The molecule has 1 aliphatic heterocycles. The number of imide groups is 1. The van der Waals surface area contributed by atoms with Gasteiger partial charge in [-0.2, -0.15) is 0 Å². The smallest absolute Gasteiger partial charge is 0.265 e. The first-order valence-electron chi connectivity index (χ1n) is 12.0. The van der Waals surface area contributed by atoms with Crippen molar-refractivity contribution < 1.29 is 14.0 Å². The molecule has 0 N–H and O–H groups in total. The first-order chi connectivity index (χ1) is 17.2. The summed E-state index contributed by atoms with van der Waals surface area (Å²) in [6.45, 7) is 6.12. The van der Waals surface area contributed by atoms with Crippen LogP contribution in [-0.2, 0) is 12.8 Å². The van der Waals surface area contributed by atoms with Gasteiger partial charge in [0.2, 0.25) is 0 Å². The SMILES string of the molecule is Cc1ccc2c(=O)n(-c3ccc([18F])cc3)c(CCN3C(=O)c4cccc(CC(C)C)c4C3=O)nc2c1. The number of carbonyl (C=O) groups excluding carboxylic acids is 2. The van der Waals surface area contributed by atoms with Crippen molar-refractivity contribution in [2.24, 2.45) is 5.92 Å². The number of hydrogen-bond acceptors (Lipinski definition) is 4. The van der Waals surface area contributed by atoms with Crippen molar-refractivity contribution in [3.05, 3.63) is 105 Å². The molecule has 0 saturated carbocycles. The second-order valence-electron chi connectivity index (χ2n) is 9.62. The molecule has 2 amide bonds. The molecule has 0 fully saturated rings. The number of benzene rings is 3. The number of nitrogens with zero attached hydrogens (tertiary/aromatic N) is 3. The van der Waals surface area contributed by atoms with E-state index in [2.05, 4.69) is 13.8 Å². The van der Waals surface area contributed by atoms with Crippen LogP contribution in [0.4, 0.5) is 4.39 Å². The molecule has 0 atom stereocenters. The van der Waals surface area contributed by atoms with Crippen molar-refractivity contribution in [3.8, 4) is 5.69 Å². The predicted octanol–water partition coefficient (Wildman–Crippen LogP) is 4.87. The number of aromatic nitrogens is 2. The van der Waals surface area contributed by atoms with Crippen LogP contribution in [0.5, 0.6) is 0 Å². The Kier molecular flexibility index (Phi) is 6.00. The molecule has 36 heavy (non-hydrogen) atoms. The molecule has 0 bridgehead atoms. The van der Waals surface area contributed by atoms with Crippen molar-refractivity contribution >= 4 is 22.7 Å². The molecule has 1 aromatic heterocycles. The molecule has 0 aliphatic carbocycles. The zero-order valence-electron chi connectivity index (χ0n) is 20.4. The summed E-state index contributed by atoms with van der Waals surface area (Å²) in [7, 11) is 0. The lowest BCUT2D eigenvalue weighted by Gasteiger charge is -2.17. The average molecular weight is 483 g/mol. The molecule has 7 heteroatoms. The van der Waals surface area contributed by atoms with Crippen LogP contribution in [0.1, 0.15) is 51.5 Å². The van der Waals surface area contributed by atoms with E-state index in [0.717, 1.165) is 11.1 Å². The van der Waals surface area contributed by atoms with E-state index < -0.39 is 5.82 Å². The van der Waals surface area contributed by atoms with Gasteiger partial charge < -0.3 is 0 Å². The fourth-order valence-electron chi connectivity index (χ4n) is 4.79. The molecule has 0 radical (unpaired) electrons. The molecule has 0 spiro atoms. The van der Waals surface area contributed by atoms with E-state index >= 15 is 0 Å². The van der Waals surface area contributed by atoms with Crippen LogP contribution in [0.25, 0.3) is 16.6 Å². The van der Waals surface area contributed by atoms with E-state index in [0.29, 0.717) is 45.9 Å². The quantitative estimate of drug-likeness (QED) is 0.368. The van der Waals surface area contributed by atoms with Gasteiger partial charge in [-0.05, 0) is 72.9 Å². The van der Waals surface area contributed by atoms with E-state index in [9.17, 15) is 18.8 Å². The molecule has 0 unspecified atom stereocenters. The van der Waals surface area contributed by atoms with Gasteiger partial charge in [0.15, 0.2) is 0 Å². The summed E-state index contributed by atoms with van der Waals surface area (Å²) in [6, 6.07) is 16.4. The Balaban J connectivity index is 1.54. The van der Waals surface area contributed by atoms with Crippen LogP contribution in [0.2, 0.25) is 0 Å². The number of amides is 2. The molecule has 0 saturated heterocycles. The lowest BCUT2D eigenvalue weighted by Crippen LogP contribution is -2.34. The number of halogens is 1. The molecule has 4 aromatic rings. The zero-order chi connectivity index (χ0) is 25.6. The van der Waals surface area contributed by atoms with Crippen LogP contribution in [0.3, 0.4) is 0 Å². The highest BCUT2D eigenvalue weighted by atomic mass is 18.2. The molecule has 5 rings (SSSR count). The van der Waals surface area contributed by atoms with E-state index in [4.69, 9.17) is 4.98 Å². The minimum absolute atomic E-state index is 0.0679. The summed E-state index contributed by atoms with van der Waals surface area (Å²) < 4.78 is 15.0. The van der Waals surface area contributed by atoms with Crippen molar-refractivity contribution in [1.29, 1.82) is 0 Å². The predicted molar refractivity (Wildman–Crippen MR) is 136 cm³/mol. The Morgan fingerprint density at radius 2 is 1.69 bits per heavy atom. The summed E-state index contributed by atoms with van der Waals surface area (Å²) in [5, 5.41) is 0.438. The highest BCUT2D eigenvalue weighted by molar-refractivity contribution is 6.22. The summed E-state index contributed by atoms with van der Waals surface area (Å²) in [6.07, 6.45) is 0.868. The Labute approximate surface area is 208 Å². The Morgan fingerprint density at radius 3 is 2.42 bits per heavy atom. The van der Waals surface area contributed by atoms with Crippen molar-refractivity contribution in [2.45, 2.75) is 33.6 Å². The van der Waals surface area contributed by atoms with E-state index in [1.807, 2.05) is 31.2 Å². The highest BCUT2D eigenvalue weighted by Gasteiger charge is 2.37. The monoisotopic (exact) mass is 482 g/mol. The molecule has 6 nitrogen and oxygen atoms in total. The summed E-state index contributed by atoms with van der Waals surface area (Å²) >= 11 is 0. The molecule has 1 aliphatic rings. The third-order valence-corrected chi connectivity index (χ3v) is 6.45. The Hall–Kier alpha value is -4.13. The minimum Gasteiger partial charge on any atom is -0.274 e. The maximum absolute atomic E-state index is 13.6. The van der Waals surface area contributed by atoms with Gasteiger partial charge in [-0.15, -0.1) is 0 Å². The Morgan fingerprint density at radius 1 is 0.944 bits per heavy atom. The average Bonchev–Trinajstić information content (AvgIpc) is 3.08. The van der Waals surface area contributed by atoms with Crippen molar-refractivity contribution in [1.82, 2.24) is 14.5 Å². The van der Waals surface area contributed by atoms with E-state index in [1.165, 1.54) is 33.7 Å². The lowest BCUT2D eigenvalue weighted by molar-refractivity contribution is 0.0655. The number of hydrogen-bond donors (Lipinski definition) is 0. The van der Waals surface area contributed by atoms with Gasteiger partial charge in [0.1, 0.15) is 11.6 Å². The second-order valence-corrected chi connectivity index (χ2v) is 9.62. The third kappa shape index (κ3) is 4.11. The fourth-order valence-corrected chi connectivity index (χ4v) is 4.79. The molecular weight excluding hydrogens is 456 g/mol. The maximum atomic E-state index is 13.6. The molecule has 3 aromatic carbocycles. The van der Waals surface area contributed by atoms with Crippen LogP contribution in [0.15, 0.2) is 65.5 Å². The van der Waals surface area contributed by atoms with Crippen molar-refractivity contribution in [3.63, 3.8) is 0 Å². The first-order valence-corrected chi connectivity index (χ1v) is 12.0. The fraction of sp³-hybridized carbons (Fsp3) is 0.241. The highest BCUT2D eigenvalue weighted by Crippen LogP contribution is 2.28. The topological polar surface area (TPSA) is 72.3 Å². The van der Waals surface area contributed by atoms with Crippen molar-refractivity contribution in [2.75, 3.05) is 6.54 Å². The van der Waals surface area contributed by atoms with Crippen LogP contribution >= 0.6 is 0 Å². The summed E-state index contributed by atoms with van der Waals surface area (Å²) in [4.78, 5) is 45.9. The van der Waals surface area contributed by atoms with E-state index in [-0.39, 0.29) is 30.3 Å². The maximum Gasteiger partial charge on any atom is 0.265 e. The van der Waals surface area contributed by atoms with E-state index in [1.54, 1.807) is 12.1 Å². The Bertz CT molecular complexity index is 1570. The van der Waals surface area contributed by atoms with Gasteiger partial charge in [0.05, 0.1) is 27.7 Å². The van der Waals surface area contributed by atoms with Gasteiger partial charge >= 0.3 is 0 Å². The number of fused-ring (bicyclic) bond motifs is 2. The number of aryl methyl sites for hydroxylation is 1. The zero-order valence-corrected chi connectivity index (χ0v) is 20.4. The lowest BCUT2D eigenvalue weighted by atomic mass is 9.95. The molecule has 182 valence electrons. The second kappa shape index (κ2) is 9.15.